The molecule has 1 fully saturated rings. The molecule has 1 aromatic rings. The fourth-order valence-corrected chi connectivity index (χ4v) is 3.63. The first-order chi connectivity index (χ1) is 17.2. The first-order valence-corrected chi connectivity index (χ1v) is 12.0. The fourth-order valence-electron chi connectivity index (χ4n) is 3.63. The molecule has 0 spiro atoms. The molecular weight excluding hydrogens is 460 g/mol. The van der Waals surface area contributed by atoms with E-state index < -0.39 is 0 Å². The highest BCUT2D eigenvalue weighted by Gasteiger charge is 2.30. The number of benzene rings is 1. The van der Waals surface area contributed by atoms with Gasteiger partial charge in [-0.15, -0.1) is 0 Å². The van der Waals surface area contributed by atoms with E-state index in [-0.39, 0.29) is 29.9 Å². The van der Waals surface area contributed by atoms with Crippen LogP contribution in [-0.2, 0) is 23.8 Å². The molecule has 0 heterocycles. The Morgan fingerprint density at radius 2 is 1.42 bits per heavy atom. The largest absolute Gasteiger partial charge is 0.497 e. The van der Waals surface area contributed by atoms with Crippen LogP contribution in [0.5, 0.6) is 5.75 Å². The topological polar surface area (TPSA) is 88.1 Å². The van der Waals surface area contributed by atoms with E-state index in [1.54, 1.807) is 45.2 Å². The van der Waals surface area contributed by atoms with Gasteiger partial charge in [-0.3, -0.25) is 4.79 Å². The number of hydrogen-bond acceptors (Lipinski definition) is 7. The number of methoxy groups -OCH3 is 2. The molecule has 194 valence electrons. The van der Waals surface area contributed by atoms with Crippen LogP contribution in [0.1, 0.15) is 63.7 Å². The standard InChI is InChI=1S/C29H36O7/c1-19(21(3)27(30)34-6)9-7-8-10-20(2)22(4)35-28(31)23-13-17-26(18-14-23)36-29(32)24-11-15-25(33-5)16-12-24/h7-12,15-16,23,26H,13-14,17-18H2,1-6H3/b9-7-,10-8-,21-19-,22-20-. The molecule has 0 N–H and O–H groups in total. The molecule has 7 nitrogen and oxygen atoms in total. The third-order valence-electron chi connectivity index (χ3n) is 6.30. The lowest BCUT2D eigenvalue weighted by Crippen LogP contribution is -2.29. The maximum absolute atomic E-state index is 12.6. The van der Waals surface area contributed by atoms with Gasteiger partial charge in [0.15, 0.2) is 0 Å². The van der Waals surface area contributed by atoms with E-state index >= 15 is 0 Å². The van der Waals surface area contributed by atoms with Crippen molar-refractivity contribution in [1.29, 1.82) is 0 Å². The zero-order valence-corrected chi connectivity index (χ0v) is 22.0. The normalized spacial score (nSPS) is 19.4. The molecule has 1 aromatic carbocycles. The van der Waals surface area contributed by atoms with Crippen molar-refractivity contribution in [3.8, 4) is 5.75 Å². The third kappa shape index (κ3) is 8.56. The highest BCUT2D eigenvalue weighted by Crippen LogP contribution is 2.29. The smallest absolute Gasteiger partial charge is 0.338 e. The number of carbonyl (C=O) groups excluding carboxylic acids is 3. The Kier molecular flexibility index (Phi) is 11.2. The van der Waals surface area contributed by atoms with Crippen LogP contribution in [0.3, 0.4) is 0 Å². The van der Waals surface area contributed by atoms with E-state index in [0.29, 0.717) is 48.3 Å². The molecule has 1 saturated carbocycles. The van der Waals surface area contributed by atoms with Crippen molar-refractivity contribution in [2.75, 3.05) is 14.2 Å². The number of rotatable bonds is 9. The van der Waals surface area contributed by atoms with Gasteiger partial charge in [-0.05, 0) is 88.8 Å². The predicted molar refractivity (Wildman–Crippen MR) is 137 cm³/mol. The first-order valence-electron chi connectivity index (χ1n) is 12.0. The van der Waals surface area contributed by atoms with Gasteiger partial charge in [0.05, 0.1) is 25.7 Å². The van der Waals surface area contributed by atoms with E-state index in [2.05, 4.69) is 0 Å². The minimum atomic E-state index is -0.370. The minimum Gasteiger partial charge on any atom is -0.497 e. The summed E-state index contributed by atoms with van der Waals surface area (Å²) in [5, 5.41) is 0. The van der Waals surface area contributed by atoms with Crippen molar-refractivity contribution in [3.63, 3.8) is 0 Å². The van der Waals surface area contributed by atoms with E-state index in [4.69, 9.17) is 18.9 Å². The van der Waals surface area contributed by atoms with E-state index in [1.807, 2.05) is 38.2 Å². The lowest BCUT2D eigenvalue weighted by atomic mass is 9.87. The summed E-state index contributed by atoms with van der Waals surface area (Å²) in [6.45, 7) is 7.17. The van der Waals surface area contributed by atoms with Crippen molar-refractivity contribution in [2.45, 2.75) is 59.5 Å². The zero-order chi connectivity index (χ0) is 26.7. The second-order valence-corrected chi connectivity index (χ2v) is 8.79. The van der Waals surface area contributed by atoms with E-state index in [0.717, 1.165) is 11.1 Å². The van der Waals surface area contributed by atoms with Crippen LogP contribution in [0.15, 0.2) is 71.0 Å². The Balaban J connectivity index is 1.83. The summed E-state index contributed by atoms with van der Waals surface area (Å²) in [6.07, 6.45) is 9.53. The second-order valence-electron chi connectivity index (χ2n) is 8.79. The van der Waals surface area contributed by atoms with Crippen LogP contribution in [0.25, 0.3) is 0 Å². The number of allylic oxidation sites excluding steroid dienone is 7. The Morgan fingerprint density at radius 3 is 1.97 bits per heavy atom. The molecule has 36 heavy (non-hydrogen) atoms. The summed E-state index contributed by atoms with van der Waals surface area (Å²) in [4.78, 5) is 36.6. The van der Waals surface area contributed by atoms with Crippen LogP contribution in [0.2, 0.25) is 0 Å². The highest BCUT2D eigenvalue weighted by molar-refractivity contribution is 5.90. The number of ether oxygens (including phenoxy) is 4. The lowest BCUT2D eigenvalue weighted by Gasteiger charge is -2.27. The summed E-state index contributed by atoms with van der Waals surface area (Å²) >= 11 is 0. The van der Waals surface area contributed by atoms with Gasteiger partial charge in [-0.25, -0.2) is 9.59 Å². The fraction of sp³-hybridized carbons (Fsp3) is 0.414. The maximum atomic E-state index is 12.6. The summed E-state index contributed by atoms with van der Waals surface area (Å²) in [5.74, 6) is 0.00472. The minimum absolute atomic E-state index is 0.211. The average Bonchev–Trinajstić information content (AvgIpc) is 2.90. The van der Waals surface area contributed by atoms with Gasteiger partial charge < -0.3 is 18.9 Å². The molecule has 0 aliphatic heterocycles. The lowest BCUT2D eigenvalue weighted by molar-refractivity contribution is -0.146. The van der Waals surface area contributed by atoms with Crippen LogP contribution < -0.4 is 4.74 Å². The van der Waals surface area contributed by atoms with Gasteiger partial charge in [-0.2, -0.15) is 0 Å². The maximum Gasteiger partial charge on any atom is 0.338 e. The number of carbonyl (C=O) groups is 3. The van der Waals surface area contributed by atoms with Gasteiger partial charge in [-0.1, -0.05) is 24.3 Å². The molecule has 0 atom stereocenters. The summed E-state index contributed by atoms with van der Waals surface area (Å²) < 4.78 is 21.0. The van der Waals surface area contributed by atoms with Crippen LogP contribution in [0, 0.1) is 5.92 Å². The van der Waals surface area contributed by atoms with Gasteiger partial charge >= 0.3 is 17.9 Å². The monoisotopic (exact) mass is 496 g/mol. The number of hydrogen-bond donors (Lipinski definition) is 0. The SMILES string of the molecule is COC(=O)\C(C)=C(C)/C=C\C=C/C(C)=C(/C)OC(=O)C1CCC(OC(=O)c2ccc(OC)cc2)CC1. The molecule has 7 heteroatoms. The molecule has 0 saturated heterocycles. The van der Waals surface area contributed by atoms with Crippen molar-refractivity contribution < 1.29 is 33.3 Å². The van der Waals surface area contributed by atoms with Crippen molar-refractivity contribution >= 4 is 17.9 Å². The van der Waals surface area contributed by atoms with Crippen molar-refractivity contribution in [1.82, 2.24) is 0 Å². The molecule has 0 amide bonds. The Bertz CT molecular complexity index is 1050. The average molecular weight is 497 g/mol. The summed E-state index contributed by atoms with van der Waals surface area (Å²) in [5.41, 5.74) is 2.65. The Morgan fingerprint density at radius 1 is 0.833 bits per heavy atom. The first kappa shape index (κ1) is 28.6. The van der Waals surface area contributed by atoms with Crippen molar-refractivity contribution in [2.24, 2.45) is 5.92 Å². The Labute approximate surface area is 213 Å². The molecule has 0 unspecified atom stereocenters. The molecule has 0 aromatic heterocycles. The van der Waals surface area contributed by atoms with E-state index in [1.165, 1.54) is 7.11 Å². The van der Waals surface area contributed by atoms with Crippen LogP contribution in [-0.4, -0.2) is 38.2 Å². The van der Waals surface area contributed by atoms with Gasteiger partial charge in [0.2, 0.25) is 0 Å². The quantitative estimate of drug-likeness (QED) is 0.139. The molecule has 2 rings (SSSR count). The van der Waals surface area contributed by atoms with Crippen molar-refractivity contribution in [3.05, 3.63) is 76.6 Å². The van der Waals surface area contributed by atoms with Crippen LogP contribution >= 0.6 is 0 Å². The number of esters is 3. The molecular formula is C29H36O7. The molecule has 0 bridgehead atoms. The molecule has 1 aliphatic rings. The summed E-state index contributed by atoms with van der Waals surface area (Å²) in [6, 6.07) is 6.79. The predicted octanol–water partition coefficient (Wildman–Crippen LogP) is 5.87. The zero-order valence-electron chi connectivity index (χ0n) is 22.0. The summed E-state index contributed by atoms with van der Waals surface area (Å²) in [7, 11) is 2.92. The Hall–Kier alpha value is -3.61. The van der Waals surface area contributed by atoms with Gasteiger partial charge in [0.1, 0.15) is 17.6 Å². The van der Waals surface area contributed by atoms with Gasteiger partial charge in [0, 0.05) is 5.57 Å². The van der Waals surface area contributed by atoms with E-state index in [9.17, 15) is 14.4 Å². The van der Waals surface area contributed by atoms with Crippen LogP contribution in [0.4, 0.5) is 0 Å². The molecule has 1 aliphatic carbocycles. The molecule has 0 radical (unpaired) electrons. The third-order valence-corrected chi connectivity index (χ3v) is 6.30. The van der Waals surface area contributed by atoms with Gasteiger partial charge in [0.25, 0.3) is 0 Å². The second kappa shape index (κ2) is 14.1. The highest BCUT2D eigenvalue weighted by atomic mass is 16.5.